The molecule has 0 aromatic rings. The molecule has 0 rings (SSSR count). The van der Waals surface area contributed by atoms with Crippen LogP contribution in [0, 0.1) is 6.92 Å². The number of rotatable bonds is 11. The second-order valence-electron chi connectivity index (χ2n) is 5.00. The zero-order valence-corrected chi connectivity index (χ0v) is 10.9. The van der Waals surface area contributed by atoms with Crippen LogP contribution in [0.1, 0.15) is 77.6 Å². The standard InChI is InChI=1S/C14H29O2/c1-3-4-5-6-7-8-9-10-11-12-13-14(2,15)16/h15-16H,1,3-13H2,2H3. The largest absolute Gasteiger partial charge is 0.366 e. The maximum Gasteiger partial charge on any atom is 0.159 e. The molecule has 0 aliphatic carbocycles. The first-order valence-electron chi connectivity index (χ1n) is 6.80. The van der Waals surface area contributed by atoms with Crippen molar-refractivity contribution < 1.29 is 10.2 Å². The smallest absolute Gasteiger partial charge is 0.159 e. The van der Waals surface area contributed by atoms with Gasteiger partial charge in [0.25, 0.3) is 0 Å². The van der Waals surface area contributed by atoms with Crippen LogP contribution in [0.3, 0.4) is 0 Å². The van der Waals surface area contributed by atoms with E-state index in [4.69, 9.17) is 10.2 Å². The molecule has 0 aromatic heterocycles. The molecule has 0 saturated heterocycles. The first kappa shape index (κ1) is 15.9. The Morgan fingerprint density at radius 2 is 1.12 bits per heavy atom. The molecular formula is C14H29O2. The molecule has 97 valence electrons. The van der Waals surface area contributed by atoms with Crippen LogP contribution in [0.15, 0.2) is 0 Å². The van der Waals surface area contributed by atoms with Gasteiger partial charge in [0.15, 0.2) is 5.79 Å². The highest BCUT2D eigenvalue weighted by Gasteiger charge is 2.12. The maximum atomic E-state index is 9.09. The fraction of sp³-hybridized carbons (Fsp3) is 0.929. The van der Waals surface area contributed by atoms with E-state index in [1.807, 2.05) is 0 Å². The fourth-order valence-electron chi connectivity index (χ4n) is 1.87. The van der Waals surface area contributed by atoms with Crippen molar-refractivity contribution in [2.75, 3.05) is 0 Å². The molecule has 0 heterocycles. The van der Waals surface area contributed by atoms with Gasteiger partial charge in [0, 0.05) is 6.42 Å². The number of aliphatic hydroxyl groups is 2. The van der Waals surface area contributed by atoms with Crippen LogP contribution < -0.4 is 0 Å². The molecule has 0 unspecified atom stereocenters. The van der Waals surface area contributed by atoms with E-state index in [2.05, 4.69) is 6.92 Å². The summed E-state index contributed by atoms with van der Waals surface area (Å²) >= 11 is 0. The lowest BCUT2D eigenvalue weighted by atomic mass is 10.0. The first-order chi connectivity index (χ1) is 7.56. The van der Waals surface area contributed by atoms with E-state index < -0.39 is 5.79 Å². The minimum Gasteiger partial charge on any atom is -0.366 e. The molecule has 0 bridgehead atoms. The average molecular weight is 229 g/mol. The summed E-state index contributed by atoms with van der Waals surface area (Å²) in [7, 11) is 0. The summed E-state index contributed by atoms with van der Waals surface area (Å²) in [5.74, 6) is -1.46. The summed E-state index contributed by atoms with van der Waals surface area (Å²) in [6, 6.07) is 0. The molecule has 0 atom stereocenters. The molecule has 0 aliphatic heterocycles. The summed E-state index contributed by atoms with van der Waals surface area (Å²) in [5, 5.41) is 18.2. The minimum atomic E-state index is -1.46. The van der Waals surface area contributed by atoms with Crippen LogP contribution >= 0.6 is 0 Å². The van der Waals surface area contributed by atoms with Crippen molar-refractivity contribution in [3.05, 3.63) is 6.92 Å². The maximum absolute atomic E-state index is 9.09. The van der Waals surface area contributed by atoms with E-state index in [0.717, 1.165) is 19.3 Å². The minimum absolute atomic E-state index is 0.497. The second-order valence-corrected chi connectivity index (χ2v) is 5.00. The summed E-state index contributed by atoms with van der Waals surface area (Å²) in [6.45, 7) is 5.29. The zero-order chi connectivity index (χ0) is 12.3. The van der Waals surface area contributed by atoms with Gasteiger partial charge in [-0.2, -0.15) is 0 Å². The lowest BCUT2D eigenvalue weighted by Crippen LogP contribution is -2.22. The van der Waals surface area contributed by atoms with Gasteiger partial charge in [-0.3, -0.25) is 0 Å². The van der Waals surface area contributed by atoms with Crippen molar-refractivity contribution in [2.24, 2.45) is 0 Å². The highest BCUT2D eigenvalue weighted by atomic mass is 16.5. The Hall–Kier alpha value is -0.0800. The lowest BCUT2D eigenvalue weighted by Gasteiger charge is -2.14. The highest BCUT2D eigenvalue weighted by molar-refractivity contribution is 4.56. The average Bonchev–Trinajstić information content (AvgIpc) is 2.19. The van der Waals surface area contributed by atoms with Gasteiger partial charge in [0.1, 0.15) is 0 Å². The van der Waals surface area contributed by atoms with Crippen molar-refractivity contribution in [1.82, 2.24) is 0 Å². The van der Waals surface area contributed by atoms with Crippen LogP contribution in [0.2, 0.25) is 0 Å². The first-order valence-corrected chi connectivity index (χ1v) is 6.80. The highest BCUT2D eigenvalue weighted by Crippen LogP contribution is 2.14. The van der Waals surface area contributed by atoms with Crippen molar-refractivity contribution in [3.8, 4) is 0 Å². The third-order valence-electron chi connectivity index (χ3n) is 2.90. The molecule has 0 aliphatic rings. The van der Waals surface area contributed by atoms with Gasteiger partial charge >= 0.3 is 0 Å². The normalized spacial score (nSPS) is 12.0. The topological polar surface area (TPSA) is 40.5 Å². The molecule has 2 N–H and O–H groups in total. The van der Waals surface area contributed by atoms with Crippen LogP contribution in [0.4, 0.5) is 0 Å². The summed E-state index contributed by atoms with van der Waals surface area (Å²) < 4.78 is 0. The quantitative estimate of drug-likeness (QED) is 0.418. The predicted molar refractivity (Wildman–Crippen MR) is 69.0 cm³/mol. The Kier molecular flexibility index (Phi) is 10.0. The van der Waals surface area contributed by atoms with Crippen molar-refractivity contribution in [3.63, 3.8) is 0 Å². The Morgan fingerprint density at radius 1 is 0.750 bits per heavy atom. The Bertz CT molecular complexity index is 138. The monoisotopic (exact) mass is 229 g/mol. The van der Waals surface area contributed by atoms with E-state index in [0.29, 0.717) is 6.42 Å². The van der Waals surface area contributed by atoms with E-state index in [1.165, 1.54) is 51.9 Å². The molecule has 0 amide bonds. The van der Waals surface area contributed by atoms with Crippen LogP contribution in [-0.2, 0) is 0 Å². The Balaban J connectivity index is 2.99. The fourth-order valence-corrected chi connectivity index (χ4v) is 1.87. The van der Waals surface area contributed by atoms with E-state index in [9.17, 15) is 0 Å². The van der Waals surface area contributed by atoms with E-state index in [1.54, 1.807) is 0 Å². The lowest BCUT2D eigenvalue weighted by molar-refractivity contribution is -0.150. The van der Waals surface area contributed by atoms with Gasteiger partial charge in [-0.25, -0.2) is 0 Å². The van der Waals surface area contributed by atoms with Crippen LogP contribution in [-0.4, -0.2) is 16.0 Å². The second kappa shape index (κ2) is 10.1. The SMILES string of the molecule is [CH2]CCCCCCCCCCCC(C)(O)O. The molecule has 1 radical (unpaired) electrons. The van der Waals surface area contributed by atoms with Crippen molar-refractivity contribution in [1.29, 1.82) is 0 Å². The van der Waals surface area contributed by atoms with Gasteiger partial charge in [0.2, 0.25) is 0 Å². The van der Waals surface area contributed by atoms with Gasteiger partial charge < -0.3 is 10.2 Å². The molecule has 0 aromatic carbocycles. The molecule has 0 spiro atoms. The number of unbranched alkanes of at least 4 members (excludes halogenated alkanes) is 9. The predicted octanol–water partition coefficient (Wildman–Crippen LogP) is 3.81. The van der Waals surface area contributed by atoms with Gasteiger partial charge in [-0.15, -0.1) is 0 Å². The third kappa shape index (κ3) is 13.9. The van der Waals surface area contributed by atoms with Gasteiger partial charge in [-0.05, 0) is 13.3 Å². The molecule has 0 saturated carbocycles. The number of hydrogen-bond donors (Lipinski definition) is 2. The van der Waals surface area contributed by atoms with E-state index in [-0.39, 0.29) is 0 Å². The van der Waals surface area contributed by atoms with Crippen LogP contribution in [0.5, 0.6) is 0 Å². The third-order valence-corrected chi connectivity index (χ3v) is 2.90. The molecule has 16 heavy (non-hydrogen) atoms. The summed E-state index contributed by atoms with van der Waals surface area (Å²) in [6.07, 6.45) is 12.7. The molecule has 2 heteroatoms. The van der Waals surface area contributed by atoms with E-state index >= 15 is 0 Å². The number of hydrogen-bond acceptors (Lipinski definition) is 2. The Morgan fingerprint density at radius 3 is 1.50 bits per heavy atom. The molecule has 0 fully saturated rings. The zero-order valence-electron chi connectivity index (χ0n) is 10.9. The summed E-state index contributed by atoms with van der Waals surface area (Å²) in [4.78, 5) is 0. The van der Waals surface area contributed by atoms with Gasteiger partial charge in [-0.1, -0.05) is 64.7 Å². The van der Waals surface area contributed by atoms with Gasteiger partial charge in [0.05, 0.1) is 0 Å². The molecule has 2 nitrogen and oxygen atoms in total. The van der Waals surface area contributed by atoms with Crippen LogP contribution in [0.25, 0.3) is 0 Å². The summed E-state index contributed by atoms with van der Waals surface area (Å²) in [5.41, 5.74) is 0. The Labute approximate surface area is 101 Å². The molecular weight excluding hydrogens is 200 g/mol. The van der Waals surface area contributed by atoms with Crippen molar-refractivity contribution in [2.45, 2.75) is 83.3 Å². The van der Waals surface area contributed by atoms with Crippen molar-refractivity contribution >= 4 is 0 Å².